The van der Waals surface area contributed by atoms with E-state index in [1.165, 1.54) is 25.7 Å². The van der Waals surface area contributed by atoms with Gasteiger partial charge in [-0.05, 0) is 56.4 Å². The Labute approximate surface area is 96.2 Å². The van der Waals surface area contributed by atoms with Crippen LogP contribution < -0.4 is 5.32 Å². The number of hydrogen-bond acceptors (Lipinski definition) is 2. The molecule has 3 heteroatoms. The molecule has 3 rings (SSSR count). The Morgan fingerprint density at radius 3 is 2.50 bits per heavy atom. The van der Waals surface area contributed by atoms with Crippen molar-refractivity contribution in [3.63, 3.8) is 0 Å². The quantitative estimate of drug-likeness (QED) is 0.788. The first kappa shape index (κ1) is 10.2. The molecule has 2 aliphatic carbocycles. The minimum atomic E-state index is 0.0171. The van der Waals surface area contributed by atoms with Crippen molar-refractivity contribution in [2.45, 2.75) is 44.6 Å². The zero-order valence-corrected chi connectivity index (χ0v) is 9.58. The van der Waals surface area contributed by atoms with Gasteiger partial charge in [-0.25, -0.2) is 0 Å². The summed E-state index contributed by atoms with van der Waals surface area (Å²) in [6.07, 6.45) is 9.10. The van der Waals surface area contributed by atoms with Crippen molar-refractivity contribution >= 4 is 5.91 Å². The van der Waals surface area contributed by atoms with E-state index >= 15 is 0 Å². The molecule has 2 fully saturated rings. The molecule has 1 aliphatic heterocycles. The topological polar surface area (TPSA) is 38.3 Å². The third kappa shape index (κ3) is 2.23. The van der Waals surface area contributed by atoms with Crippen molar-refractivity contribution < 1.29 is 9.53 Å². The Bertz CT molecular complexity index is 304. The van der Waals surface area contributed by atoms with Gasteiger partial charge in [-0.15, -0.1) is 0 Å². The van der Waals surface area contributed by atoms with Gasteiger partial charge in [0.1, 0.15) is 0 Å². The standard InChI is InChI=1S/C13H19NO2/c15-13(11-3-1-2-8-16-11)14-12(9-4-5-9)10-6-7-10/h3,9-10,12H,1-2,4-8H2,(H,14,15). The van der Waals surface area contributed by atoms with E-state index in [2.05, 4.69) is 5.32 Å². The van der Waals surface area contributed by atoms with Crippen LogP contribution in [0.15, 0.2) is 11.8 Å². The third-order valence-electron chi connectivity index (χ3n) is 3.72. The van der Waals surface area contributed by atoms with Crippen LogP contribution in [0.2, 0.25) is 0 Å². The zero-order chi connectivity index (χ0) is 11.0. The first-order valence-corrected chi connectivity index (χ1v) is 6.48. The minimum absolute atomic E-state index is 0.0171. The van der Waals surface area contributed by atoms with E-state index in [1.807, 2.05) is 6.08 Å². The molecule has 1 N–H and O–H groups in total. The van der Waals surface area contributed by atoms with E-state index in [0.29, 0.717) is 18.4 Å². The van der Waals surface area contributed by atoms with E-state index in [0.717, 1.165) is 24.7 Å². The molecule has 0 unspecified atom stereocenters. The fourth-order valence-electron chi connectivity index (χ4n) is 2.47. The fourth-order valence-corrected chi connectivity index (χ4v) is 2.47. The highest BCUT2D eigenvalue weighted by molar-refractivity contribution is 5.91. The molecule has 3 aliphatic rings. The summed E-state index contributed by atoms with van der Waals surface area (Å²) >= 11 is 0. The second-order valence-electron chi connectivity index (χ2n) is 5.23. The van der Waals surface area contributed by atoms with Gasteiger partial charge in [0.2, 0.25) is 0 Å². The predicted molar refractivity (Wildman–Crippen MR) is 60.6 cm³/mol. The molecule has 0 aromatic heterocycles. The molecule has 0 aromatic carbocycles. The van der Waals surface area contributed by atoms with Crippen LogP contribution in [0.1, 0.15) is 38.5 Å². The summed E-state index contributed by atoms with van der Waals surface area (Å²) in [5, 5.41) is 3.18. The smallest absolute Gasteiger partial charge is 0.286 e. The number of amides is 1. The van der Waals surface area contributed by atoms with Crippen LogP contribution in [-0.2, 0) is 9.53 Å². The Hall–Kier alpha value is -0.990. The molecular weight excluding hydrogens is 202 g/mol. The van der Waals surface area contributed by atoms with Gasteiger partial charge >= 0.3 is 0 Å². The van der Waals surface area contributed by atoms with Crippen LogP contribution in [0.5, 0.6) is 0 Å². The molecule has 0 bridgehead atoms. The zero-order valence-electron chi connectivity index (χ0n) is 9.58. The van der Waals surface area contributed by atoms with Gasteiger partial charge < -0.3 is 10.1 Å². The van der Waals surface area contributed by atoms with E-state index in [4.69, 9.17) is 4.74 Å². The number of ether oxygens (including phenoxy) is 1. The molecule has 0 atom stereocenters. The Morgan fingerprint density at radius 1 is 1.31 bits per heavy atom. The summed E-state index contributed by atoms with van der Waals surface area (Å²) < 4.78 is 5.39. The normalized spacial score (nSPS) is 24.9. The highest BCUT2D eigenvalue weighted by atomic mass is 16.5. The van der Waals surface area contributed by atoms with E-state index in [-0.39, 0.29) is 5.91 Å². The van der Waals surface area contributed by atoms with Crippen LogP contribution >= 0.6 is 0 Å². The lowest BCUT2D eigenvalue weighted by molar-refractivity contribution is -0.122. The van der Waals surface area contributed by atoms with Crippen molar-refractivity contribution in [3.05, 3.63) is 11.8 Å². The predicted octanol–water partition coefficient (Wildman–Crippen LogP) is 1.99. The van der Waals surface area contributed by atoms with Gasteiger partial charge in [0.25, 0.3) is 5.91 Å². The minimum Gasteiger partial charge on any atom is -0.488 e. The van der Waals surface area contributed by atoms with Gasteiger partial charge in [-0.1, -0.05) is 0 Å². The van der Waals surface area contributed by atoms with Gasteiger partial charge in [-0.3, -0.25) is 4.79 Å². The maximum Gasteiger partial charge on any atom is 0.286 e. The number of rotatable bonds is 4. The van der Waals surface area contributed by atoms with Crippen molar-refractivity contribution in [2.75, 3.05) is 6.61 Å². The fraction of sp³-hybridized carbons (Fsp3) is 0.769. The van der Waals surface area contributed by atoms with Gasteiger partial charge in [0, 0.05) is 6.04 Å². The summed E-state index contributed by atoms with van der Waals surface area (Å²) in [5.74, 6) is 2.07. The van der Waals surface area contributed by atoms with Crippen molar-refractivity contribution in [1.82, 2.24) is 5.32 Å². The largest absolute Gasteiger partial charge is 0.488 e. The van der Waals surface area contributed by atoms with E-state index in [9.17, 15) is 4.79 Å². The molecular formula is C13H19NO2. The average molecular weight is 221 g/mol. The number of carbonyl (C=O) groups excluding carboxylic acids is 1. The lowest BCUT2D eigenvalue weighted by atomic mass is 10.1. The molecule has 0 saturated heterocycles. The van der Waals surface area contributed by atoms with Crippen molar-refractivity contribution in [1.29, 1.82) is 0 Å². The van der Waals surface area contributed by atoms with Gasteiger partial charge in [-0.2, -0.15) is 0 Å². The van der Waals surface area contributed by atoms with Crippen LogP contribution in [-0.4, -0.2) is 18.6 Å². The number of hydrogen-bond donors (Lipinski definition) is 1. The Balaban J connectivity index is 1.59. The maximum absolute atomic E-state index is 12.0. The summed E-state index contributed by atoms with van der Waals surface area (Å²) in [6, 6.07) is 0.430. The van der Waals surface area contributed by atoms with Crippen molar-refractivity contribution in [2.24, 2.45) is 11.8 Å². The molecule has 1 amide bonds. The first-order chi connectivity index (χ1) is 7.84. The van der Waals surface area contributed by atoms with Gasteiger partial charge in [0.15, 0.2) is 5.76 Å². The average Bonchev–Trinajstić information content (AvgIpc) is 3.19. The molecule has 3 nitrogen and oxygen atoms in total. The number of allylic oxidation sites excluding steroid dienone is 1. The first-order valence-electron chi connectivity index (χ1n) is 6.48. The summed E-state index contributed by atoms with van der Waals surface area (Å²) in [6.45, 7) is 0.691. The molecule has 2 saturated carbocycles. The van der Waals surface area contributed by atoms with Crippen LogP contribution in [0, 0.1) is 11.8 Å². The number of carbonyl (C=O) groups is 1. The monoisotopic (exact) mass is 221 g/mol. The summed E-state index contributed by atoms with van der Waals surface area (Å²) in [4.78, 5) is 12.0. The Morgan fingerprint density at radius 2 is 2.00 bits per heavy atom. The number of nitrogens with one attached hydrogen (secondary N) is 1. The Kier molecular flexibility index (Phi) is 2.62. The SMILES string of the molecule is O=C(NC(C1CC1)C1CC1)C1=CCCCO1. The highest BCUT2D eigenvalue weighted by Gasteiger charge is 2.42. The molecule has 0 radical (unpaired) electrons. The lowest BCUT2D eigenvalue weighted by Crippen LogP contribution is -2.39. The lowest BCUT2D eigenvalue weighted by Gasteiger charge is -2.20. The van der Waals surface area contributed by atoms with Crippen LogP contribution in [0.3, 0.4) is 0 Å². The third-order valence-corrected chi connectivity index (χ3v) is 3.72. The highest BCUT2D eigenvalue weighted by Crippen LogP contribution is 2.44. The molecule has 16 heavy (non-hydrogen) atoms. The van der Waals surface area contributed by atoms with Crippen LogP contribution in [0.4, 0.5) is 0 Å². The van der Waals surface area contributed by atoms with Crippen molar-refractivity contribution in [3.8, 4) is 0 Å². The molecule has 88 valence electrons. The maximum atomic E-state index is 12.0. The summed E-state index contributed by atoms with van der Waals surface area (Å²) in [7, 11) is 0. The van der Waals surface area contributed by atoms with E-state index in [1.54, 1.807) is 0 Å². The van der Waals surface area contributed by atoms with E-state index < -0.39 is 0 Å². The molecule has 1 heterocycles. The van der Waals surface area contributed by atoms with Crippen LogP contribution in [0.25, 0.3) is 0 Å². The molecule has 0 aromatic rings. The molecule has 0 spiro atoms. The summed E-state index contributed by atoms with van der Waals surface area (Å²) in [5.41, 5.74) is 0. The second-order valence-corrected chi connectivity index (χ2v) is 5.23. The second kappa shape index (κ2) is 4.11. The van der Waals surface area contributed by atoms with Gasteiger partial charge in [0.05, 0.1) is 6.61 Å².